The molecule has 0 spiro atoms. The van der Waals surface area contributed by atoms with Crippen molar-refractivity contribution in [2.24, 2.45) is 17.8 Å². The van der Waals surface area contributed by atoms with Gasteiger partial charge in [-0.1, -0.05) is 42.5 Å². The van der Waals surface area contributed by atoms with Gasteiger partial charge in [0, 0.05) is 17.8 Å². The molecule has 33 heavy (non-hydrogen) atoms. The number of fused-ring (bicyclic) bond motifs is 7. The predicted molar refractivity (Wildman–Crippen MR) is 130 cm³/mol. The predicted octanol–water partition coefficient (Wildman–Crippen LogP) is 5.92. The van der Waals surface area contributed by atoms with Crippen LogP contribution in [-0.2, 0) is 6.54 Å². The van der Waals surface area contributed by atoms with E-state index in [1.54, 1.807) is 7.11 Å². The van der Waals surface area contributed by atoms with E-state index < -0.39 is 0 Å². The van der Waals surface area contributed by atoms with Gasteiger partial charge in [0.2, 0.25) is 0 Å². The summed E-state index contributed by atoms with van der Waals surface area (Å²) in [6.07, 6.45) is 3.99. The third-order valence-electron chi connectivity index (χ3n) is 8.12. The summed E-state index contributed by atoms with van der Waals surface area (Å²) in [5.74, 6) is 3.47. The summed E-state index contributed by atoms with van der Waals surface area (Å²) >= 11 is 0. The molecule has 1 heterocycles. The van der Waals surface area contributed by atoms with Gasteiger partial charge in [-0.25, -0.2) is 0 Å². The Morgan fingerprint density at radius 1 is 1.00 bits per heavy atom. The highest BCUT2D eigenvalue weighted by Crippen LogP contribution is 2.63. The van der Waals surface area contributed by atoms with Crippen molar-refractivity contribution in [3.63, 3.8) is 0 Å². The van der Waals surface area contributed by atoms with E-state index in [4.69, 9.17) is 4.74 Å². The summed E-state index contributed by atoms with van der Waals surface area (Å²) in [7, 11) is 1.66. The van der Waals surface area contributed by atoms with Crippen molar-refractivity contribution in [1.82, 2.24) is 5.32 Å². The lowest BCUT2D eigenvalue weighted by molar-refractivity contribution is 0.0950. The lowest BCUT2D eigenvalue weighted by Gasteiger charge is -2.43. The highest BCUT2D eigenvalue weighted by Gasteiger charge is 2.53. The summed E-state index contributed by atoms with van der Waals surface area (Å²) in [6.45, 7) is 0.505. The van der Waals surface area contributed by atoms with Crippen molar-refractivity contribution in [2.45, 2.75) is 37.8 Å². The van der Waals surface area contributed by atoms with Crippen molar-refractivity contribution in [3.8, 4) is 5.75 Å². The summed E-state index contributed by atoms with van der Waals surface area (Å²) in [6, 6.07) is 25.3. The minimum Gasteiger partial charge on any atom is -0.497 e. The summed E-state index contributed by atoms with van der Waals surface area (Å²) in [5.41, 5.74) is 5.74. The fourth-order valence-electron chi connectivity index (χ4n) is 6.65. The average molecular weight is 439 g/mol. The number of hydrogen-bond donors (Lipinski definition) is 2. The Morgan fingerprint density at radius 2 is 1.79 bits per heavy atom. The van der Waals surface area contributed by atoms with Gasteiger partial charge in [-0.2, -0.15) is 0 Å². The second-order valence-corrected chi connectivity index (χ2v) is 9.80. The number of nitrogens with one attached hydrogen (secondary N) is 2. The van der Waals surface area contributed by atoms with Crippen molar-refractivity contribution >= 4 is 11.6 Å². The molecule has 2 bridgehead atoms. The molecule has 2 fully saturated rings. The van der Waals surface area contributed by atoms with Crippen LogP contribution in [0.5, 0.6) is 5.75 Å². The van der Waals surface area contributed by atoms with Crippen LogP contribution in [-0.4, -0.2) is 13.0 Å². The maximum atomic E-state index is 13.0. The van der Waals surface area contributed by atoms with Crippen LogP contribution in [0, 0.1) is 17.8 Å². The van der Waals surface area contributed by atoms with Crippen LogP contribution in [0.25, 0.3) is 0 Å². The fourth-order valence-corrected chi connectivity index (χ4v) is 6.65. The number of ether oxygens (including phenoxy) is 1. The molecule has 0 radical (unpaired) electrons. The molecular formula is C29H30N2O2. The minimum atomic E-state index is -0.0153. The maximum absolute atomic E-state index is 13.0. The minimum absolute atomic E-state index is 0.0153. The van der Waals surface area contributed by atoms with E-state index in [1.807, 2.05) is 30.3 Å². The number of benzene rings is 3. The normalized spacial score (nSPS) is 26.8. The summed E-state index contributed by atoms with van der Waals surface area (Å²) < 4.78 is 5.21. The van der Waals surface area contributed by atoms with Gasteiger partial charge < -0.3 is 15.4 Å². The van der Waals surface area contributed by atoms with Crippen LogP contribution in [0.15, 0.2) is 72.8 Å². The van der Waals surface area contributed by atoms with Crippen molar-refractivity contribution in [1.29, 1.82) is 0 Å². The van der Waals surface area contributed by atoms with Crippen LogP contribution < -0.4 is 15.4 Å². The number of amides is 1. The van der Waals surface area contributed by atoms with E-state index in [1.165, 1.54) is 36.1 Å². The number of anilines is 1. The van der Waals surface area contributed by atoms with Gasteiger partial charge in [-0.15, -0.1) is 0 Å². The van der Waals surface area contributed by atoms with Crippen molar-refractivity contribution in [3.05, 3.63) is 95.1 Å². The number of rotatable bonds is 5. The molecule has 1 amide bonds. The van der Waals surface area contributed by atoms with E-state index in [-0.39, 0.29) is 5.91 Å². The lowest BCUT2D eigenvalue weighted by Crippen LogP contribution is -2.35. The van der Waals surface area contributed by atoms with Gasteiger partial charge in [-0.05, 0) is 90.0 Å². The molecule has 3 aliphatic rings. The van der Waals surface area contributed by atoms with E-state index in [9.17, 15) is 4.79 Å². The monoisotopic (exact) mass is 438 g/mol. The first-order chi connectivity index (χ1) is 16.2. The van der Waals surface area contributed by atoms with Crippen molar-refractivity contribution in [2.75, 3.05) is 12.4 Å². The van der Waals surface area contributed by atoms with Gasteiger partial charge in [0.1, 0.15) is 5.75 Å². The number of carbonyl (C=O) groups is 1. The van der Waals surface area contributed by atoms with Gasteiger partial charge in [-0.3, -0.25) is 4.79 Å². The first kappa shape index (κ1) is 20.3. The average Bonchev–Trinajstić information content (AvgIpc) is 3.50. The first-order valence-corrected chi connectivity index (χ1v) is 12.1. The van der Waals surface area contributed by atoms with Crippen LogP contribution in [0.2, 0.25) is 0 Å². The third kappa shape index (κ3) is 3.58. The molecule has 3 aromatic carbocycles. The maximum Gasteiger partial charge on any atom is 0.251 e. The molecular weight excluding hydrogens is 408 g/mol. The van der Waals surface area contributed by atoms with Gasteiger partial charge >= 0.3 is 0 Å². The van der Waals surface area contributed by atoms with Crippen LogP contribution in [0.3, 0.4) is 0 Å². The number of carbonyl (C=O) groups excluding carboxylic acids is 1. The zero-order valence-electron chi connectivity index (χ0n) is 19.0. The SMILES string of the molecule is COc1ccc(CNC(=O)c2ccc3c(c2)[C@@H]2[C@H]4CC[C@@H](C4)[C@H]2[C@@H](c2ccccc2)N3)cc1. The topological polar surface area (TPSA) is 50.4 Å². The van der Waals surface area contributed by atoms with E-state index >= 15 is 0 Å². The van der Waals surface area contributed by atoms with Gasteiger partial charge in [0.25, 0.3) is 5.91 Å². The van der Waals surface area contributed by atoms with E-state index in [2.05, 4.69) is 53.1 Å². The second-order valence-electron chi connectivity index (χ2n) is 9.80. The molecule has 2 aliphatic carbocycles. The van der Waals surface area contributed by atoms with Gasteiger partial charge in [0.15, 0.2) is 0 Å². The summed E-state index contributed by atoms with van der Waals surface area (Å²) in [4.78, 5) is 13.0. The smallest absolute Gasteiger partial charge is 0.251 e. The Hall–Kier alpha value is -3.27. The molecule has 6 rings (SSSR count). The fraction of sp³-hybridized carbons (Fsp3) is 0.345. The molecule has 2 saturated carbocycles. The highest BCUT2D eigenvalue weighted by atomic mass is 16.5. The van der Waals surface area contributed by atoms with Crippen LogP contribution >= 0.6 is 0 Å². The largest absolute Gasteiger partial charge is 0.497 e. The quantitative estimate of drug-likeness (QED) is 0.520. The molecule has 1 aliphatic heterocycles. The highest BCUT2D eigenvalue weighted by molar-refractivity contribution is 5.95. The van der Waals surface area contributed by atoms with Crippen LogP contribution in [0.1, 0.15) is 58.3 Å². The van der Waals surface area contributed by atoms with E-state index in [0.29, 0.717) is 24.4 Å². The number of hydrogen-bond acceptors (Lipinski definition) is 3. The van der Waals surface area contributed by atoms with E-state index in [0.717, 1.165) is 28.7 Å². The molecule has 4 heteroatoms. The third-order valence-corrected chi connectivity index (χ3v) is 8.12. The lowest BCUT2D eigenvalue weighted by atomic mass is 9.68. The molecule has 3 aromatic rings. The Morgan fingerprint density at radius 3 is 2.58 bits per heavy atom. The zero-order valence-corrected chi connectivity index (χ0v) is 19.0. The molecule has 0 aromatic heterocycles. The second kappa shape index (κ2) is 8.26. The Bertz CT molecular complexity index is 1160. The van der Waals surface area contributed by atoms with Crippen molar-refractivity contribution < 1.29 is 9.53 Å². The standard InChI is InChI=1S/C29H30N2O2/c1-33-23-12-7-18(8-13-23)17-30-29(32)22-11-14-25-24(16-22)26-20-9-10-21(15-20)27(26)28(31-25)19-5-3-2-4-6-19/h2-8,11-14,16,20-21,26-28,31H,9-10,15,17H2,1H3,(H,30,32)/t20-,21-,26-,27+,28+/m0/s1. The Balaban J connectivity index is 1.26. The molecule has 0 saturated heterocycles. The molecule has 5 atom stereocenters. The van der Waals surface area contributed by atoms with Crippen LogP contribution in [0.4, 0.5) is 5.69 Å². The zero-order chi connectivity index (χ0) is 22.4. The molecule has 2 N–H and O–H groups in total. The Labute approximate surface area is 195 Å². The number of methoxy groups -OCH3 is 1. The molecule has 0 unspecified atom stereocenters. The molecule has 168 valence electrons. The van der Waals surface area contributed by atoms with Gasteiger partial charge in [0.05, 0.1) is 13.2 Å². The molecule has 4 nitrogen and oxygen atoms in total. The summed E-state index contributed by atoms with van der Waals surface area (Å²) in [5, 5.41) is 6.95. The Kier molecular flexibility index (Phi) is 5.09. The first-order valence-electron chi connectivity index (χ1n) is 12.1.